The molecule has 8 nitrogen and oxygen atoms in total. The summed E-state index contributed by atoms with van der Waals surface area (Å²) < 4.78 is 0. The largest absolute Gasteiger partial charge is 0.369 e. The summed E-state index contributed by atoms with van der Waals surface area (Å²) in [6.07, 6.45) is 4.68. The highest BCUT2D eigenvalue weighted by Crippen LogP contribution is 2.53. The molecule has 1 saturated heterocycles. The Morgan fingerprint density at radius 2 is 1.78 bits per heavy atom. The first-order chi connectivity index (χ1) is 15.2. The first kappa shape index (κ1) is 22.3. The number of carbonyl (C=O) groups is 4. The molecule has 32 heavy (non-hydrogen) atoms. The summed E-state index contributed by atoms with van der Waals surface area (Å²) in [4.78, 5) is 57.3. The number of likely N-dealkylation sites (N-methyl/N-ethyl adjacent to an activating group) is 1. The van der Waals surface area contributed by atoms with Gasteiger partial charge in [-0.05, 0) is 31.4 Å². The monoisotopic (exact) mass is 440 g/mol. The van der Waals surface area contributed by atoms with Gasteiger partial charge in [0.2, 0.25) is 17.7 Å². The Bertz CT molecular complexity index is 955. The van der Waals surface area contributed by atoms with Crippen LogP contribution in [0.1, 0.15) is 50.5 Å². The summed E-state index contributed by atoms with van der Waals surface area (Å²) >= 11 is 0. The van der Waals surface area contributed by atoms with Crippen LogP contribution in [-0.4, -0.2) is 66.2 Å². The zero-order valence-electron chi connectivity index (χ0n) is 19.0. The Kier molecular flexibility index (Phi) is 5.73. The number of anilines is 1. The van der Waals surface area contributed by atoms with E-state index in [1.807, 2.05) is 12.1 Å². The van der Waals surface area contributed by atoms with Gasteiger partial charge in [0, 0.05) is 38.2 Å². The van der Waals surface area contributed by atoms with E-state index in [9.17, 15) is 19.2 Å². The fourth-order valence-corrected chi connectivity index (χ4v) is 5.78. The Labute approximate surface area is 188 Å². The van der Waals surface area contributed by atoms with E-state index < -0.39 is 23.3 Å². The zero-order valence-corrected chi connectivity index (χ0v) is 19.0. The quantitative estimate of drug-likeness (QED) is 0.766. The molecule has 0 bridgehead atoms. The highest BCUT2D eigenvalue weighted by atomic mass is 16.2. The van der Waals surface area contributed by atoms with Crippen molar-refractivity contribution in [1.82, 2.24) is 9.80 Å². The lowest BCUT2D eigenvalue weighted by molar-refractivity contribution is -0.147. The Balaban J connectivity index is 1.82. The van der Waals surface area contributed by atoms with Crippen molar-refractivity contribution >= 4 is 29.3 Å². The molecule has 2 N–H and O–H groups in total. The molecule has 3 aliphatic rings. The van der Waals surface area contributed by atoms with E-state index in [2.05, 4.69) is 0 Å². The van der Waals surface area contributed by atoms with Gasteiger partial charge < -0.3 is 20.4 Å². The van der Waals surface area contributed by atoms with Crippen molar-refractivity contribution in [2.45, 2.75) is 50.5 Å². The molecule has 1 aromatic rings. The third-order valence-electron chi connectivity index (χ3n) is 7.57. The number of hydrogen-bond acceptors (Lipinski definition) is 4. The molecule has 2 heterocycles. The van der Waals surface area contributed by atoms with Crippen LogP contribution in [0.5, 0.6) is 0 Å². The average molecular weight is 441 g/mol. The number of fused-ring (bicyclic) bond motifs is 3. The van der Waals surface area contributed by atoms with Gasteiger partial charge in [-0.3, -0.25) is 19.2 Å². The smallest absolute Gasteiger partial charge is 0.253 e. The van der Waals surface area contributed by atoms with E-state index >= 15 is 0 Å². The van der Waals surface area contributed by atoms with Gasteiger partial charge in [0.05, 0.1) is 5.92 Å². The number of nitrogens with zero attached hydrogens (tertiary/aromatic N) is 3. The standard InChI is InChI=1S/C24H32N4O4/c1-24-20(17(21(25)30)13-28(24)22(31)15-9-5-4-6-10-15)16-11-7-8-12-18(16)27(23(24)32)14-19(29)26(2)3/h7-8,11-12,15,17,20H,4-6,9-10,13-14H2,1-3H3,(H2,25,30)/t17-,20+,24-/m0/s1. The summed E-state index contributed by atoms with van der Waals surface area (Å²) in [7, 11) is 3.29. The lowest BCUT2D eigenvalue weighted by Gasteiger charge is -2.47. The second-order valence-electron chi connectivity index (χ2n) is 9.66. The van der Waals surface area contributed by atoms with Crippen molar-refractivity contribution in [3.05, 3.63) is 29.8 Å². The molecule has 1 saturated carbocycles. The van der Waals surface area contributed by atoms with Crippen LogP contribution >= 0.6 is 0 Å². The maximum atomic E-state index is 14.0. The Hall–Kier alpha value is -2.90. The first-order valence-electron chi connectivity index (χ1n) is 11.4. The summed E-state index contributed by atoms with van der Waals surface area (Å²) in [6.45, 7) is 1.74. The molecular weight excluding hydrogens is 408 g/mol. The van der Waals surface area contributed by atoms with Gasteiger partial charge in [-0.2, -0.15) is 0 Å². The highest BCUT2D eigenvalue weighted by Gasteiger charge is 2.63. The third kappa shape index (κ3) is 3.36. The molecule has 0 radical (unpaired) electrons. The van der Waals surface area contributed by atoms with Gasteiger partial charge in [0.15, 0.2) is 0 Å². The Morgan fingerprint density at radius 1 is 1.12 bits per heavy atom. The zero-order chi connectivity index (χ0) is 23.2. The van der Waals surface area contributed by atoms with Crippen LogP contribution in [0.2, 0.25) is 0 Å². The fraction of sp³-hybridized carbons (Fsp3) is 0.583. The number of benzene rings is 1. The number of amides is 4. The van der Waals surface area contributed by atoms with Crippen molar-refractivity contribution in [2.24, 2.45) is 17.6 Å². The molecule has 3 atom stereocenters. The molecule has 0 unspecified atom stereocenters. The molecule has 2 aliphatic heterocycles. The second-order valence-corrected chi connectivity index (χ2v) is 9.66. The SMILES string of the molecule is CN(C)C(=O)CN1C(=O)[C@]2(C)[C@H](c3ccccc31)[C@@H](C(N)=O)CN2C(=O)C1CCCCC1. The van der Waals surface area contributed by atoms with Gasteiger partial charge in [0.1, 0.15) is 12.1 Å². The molecule has 4 amide bonds. The molecule has 2 fully saturated rings. The van der Waals surface area contributed by atoms with E-state index in [4.69, 9.17) is 5.73 Å². The lowest BCUT2D eigenvalue weighted by atomic mass is 9.71. The van der Waals surface area contributed by atoms with Crippen molar-refractivity contribution in [1.29, 1.82) is 0 Å². The van der Waals surface area contributed by atoms with Crippen LogP contribution in [0.25, 0.3) is 0 Å². The van der Waals surface area contributed by atoms with E-state index in [-0.39, 0.29) is 36.7 Å². The third-order valence-corrected chi connectivity index (χ3v) is 7.57. The number of primary amides is 1. The van der Waals surface area contributed by atoms with E-state index in [1.54, 1.807) is 38.1 Å². The Morgan fingerprint density at radius 3 is 2.41 bits per heavy atom. The van der Waals surface area contributed by atoms with Gasteiger partial charge in [-0.15, -0.1) is 0 Å². The molecule has 1 aromatic carbocycles. The van der Waals surface area contributed by atoms with Crippen LogP contribution in [0.3, 0.4) is 0 Å². The molecule has 0 aromatic heterocycles. The normalized spacial score (nSPS) is 27.7. The lowest BCUT2D eigenvalue weighted by Crippen LogP contribution is -2.63. The molecule has 8 heteroatoms. The minimum absolute atomic E-state index is 0.0763. The first-order valence-corrected chi connectivity index (χ1v) is 11.4. The van der Waals surface area contributed by atoms with Crippen LogP contribution in [0.4, 0.5) is 5.69 Å². The van der Waals surface area contributed by atoms with Crippen LogP contribution in [0.15, 0.2) is 24.3 Å². The van der Waals surface area contributed by atoms with Crippen molar-refractivity contribution in [3.8, 4) is 0 Å². The summed E-state index contributed by atoms with van der Waals surface area (Å²) in [5.41, 5.74) is 5.92. The second kappa shape index (κ2) is 8.22. The average Bonchev–Trinajstić information content (AvgIpc) is 3.11. The molecule has 0 spiro atoms. The molecule has 1 aliphatic carbocycles. The minimum atomic E-state index is -1.27. The molecular formula is C24H32N4O4. The fourth-order valence-electron chi connectivity index (χ4n) is 5.78. The number of nitrogens with two attached hydrogens (primary N) is 1. The van der Waals surface area contributed by atoms with Gasteiger partial charge in [-0.25, -0.2) is 0 Å². The number of hydrogen-bond donors (Lipinski definition) is 1. The summed E-state index contributed by atoms with van der Waals surface area (Å²) in [6, 6.07) is 7.33. The van der Waals surface area contributed by atoms with Crippen LogP contribution in [-0.2, 0) is 19.2 Å². The number of carbonyl (C=O) groups excluding carboxylic acids is 4. The van der Waals surface area contributed by atoms with Crippen molar-refractivity contribution in [3.63, 3.8) is 0 Å². The van der Waals surface area contributed by atoms with Gasteiger partial charge in [-0.1, -0.05) is 37.5 Å². The van der Waals surface area contributed by atoms with Gasteiger partial charge >= 0.3 is 0 Å². The number of rotatable bonds is 4. The topological polar surface area (TPSA) is 104 Å². The molecule has 172 valence electrons. The van der Waals surface area contributed by atoms with E-state index in [1.165, 1.54) is 9.80 Å². The minimum Gasteiger partial charge on any atom is -0.369 e. The molecule has 4 rings (SSSR count). The summed E-state index contributed by atoms with van der Waals surface area (Å²) in [5.74, 6) is -2.48. The predicted octanol–water partition coefficient (Wildman–Crippen LogP) is 1.49. The van der Waals surface area contributed by atoms with Crippen LogP contribution in [0, 0.1) is 11.8 Å². The number of likely N-dealkylation sites (tertiary alicyclic amines) is 1. The van der Waals surface area contributed by atoms with Crippen LogP contribution < -0.4 is 10.6 Å². The highest BCUT2D eigenvalue weighted by molar-refractivity contribution is 6.10. The maximum Gasteiger partial charge on any atom is 0.253 e. The summed E-state index contributed by atoms with van der Waals surface area (Å²) in [5, 5.41) is 0. The van der Waals surface area contributed by atoms with Crippen molar-refractivity contribution < 1.29 is 19.2 Å². The maximum absolute atomic E-state index is 14.0. The van der Waals surface area contributed by atoms with E-state index in [0.717, 1.165) is 37.7 Å². The van der Waals surface area contributed by atoms with Gasteiger partial charge in [0.25, 0.3) is 5.91 Å². The number of para-hydroxylation sites is 1. The van der Waals surface area contributed by atoms with E-state index in [0.29, 0.717) is 5.69 Å². The van der Waals surface area contributed by atoms with Crippen molar-refractivity contribution in [2.75, 3.05) is 32.1 Å². The predicted molar refractivity (Wildman–Crippen MR) is 120 cm³/mol.